The molecular weight excluding hydrogens is 373 g/mol. The minimum atomic E-state index is -0.624. The molecule has 0 spiro atoms. The number of carbonyl (C=O) groups is 1. The molecule has 3 rings (SSSR count). The number of aryl methyl sites for hydroxylation is 1. The summed E-state index contributed by atoms with van der Waals surface area (Å²) in [6.07, 6.45) is 1.41. The lowest BCUT2D eigenvalue weighted by atomic mass is 9.97. The van der Waals surface area contributed by atoms with E-state index in [0.29, 0.717) is 21.7 Å². The molecule has 1 heterocycles. The normalized spacial score (nSPS) is 11.8. The number of imidazole rings is 1. The summed E-state index contributed by atoms with van der Waals surface area (Å²) in [6.45, 7) is 7.05. The Hall–Kier alpha value is -3.48. The van der Waals surface area contributed by atoms with Crippen LogP contribution in [-0.2, 0) is 16.1 Å². The minimum Gasteiger partial charge on any atom is -0.711 e. The highest BCUT2D eigenvalue weighted by Crippen LogP contribution is 2.26. The zero-order chi connectivity index (χ0) is 21.0. The van der Waals surface area contributed by atoms with Crippen LogP contribution in [-0.4, -0.2) is 33.6 Å². The highest BCUT2D eigenvalue weighted by atomic mass is 19.1. The van der Waals surface area contributed by atoms with Gasteiger partial charge in [0.2, 0.25) is 0 Å². The second-order valence-electron chi connectivity index (χ2n) is 6.69. The minimum absolute atomic E-state index is 0.0613. The van der Waals surface area contributed by atoms with Gasteiger partial charge in [-0.3, -0.25) is 4.79 Å². The summed E-state index contributed by atoms with van der Waals surface area (Å²) in [4.78, 5) is 16.4. The smallest absolute Gasteiger partial charge is 0.313 e. The first-order valence-electron chi connectivity index (χ1n) is 9.20. The fourth-order valence-electron chi connectivity index (χ4n) is 3.08. The van der Waals surface area contributed by atoms with Crippen molar-refractivity contribution in [2.45, 2.75) is 26.3 Å². The largest absolute Gasteiger partial charge is 0.711 e. The van der Waals surface area contributed by atoms with Crippen molar-refractivity contribution in [3.05, 3.63) is 77.1 Å². The van der Waals surface area contributed by atoms with Crippen molar-refractivity contribution in [3.63, 3.8) is 0 Å². The fraction of sp³-hybridized carbons (Fsp3) is 0.227. The van der Waals surface area contributed by atoms with Gasteiger partial charge in [-0.1, -0.05) is 42.5 Å². The lowest BCUT2D eigenvalue weighted by Crippen LogP contribution is -2.18. The summed E-state index contributed by atoms with van der Waals surface area (Å²) in [5, 5.41) is 11.4. The predicted octanol–water partition coefficient (Wildman–Crippen LogP) is 4.19. The van der Waals surface area contributed by atoms with Crippen LogP contribution < -0.4 is 0 Å². The van der Waals surface area contributed by atoms with Gasteiger partial charge in [0.1, 0.15) is 25.2 Å². The second-order valence-corrected chi connectivity index (χ2v) is 6.69. The van der Waals surface area contributed by atoms with Crippen LogP contribution >= 0.6 is 0 Å². The van der Waals surface area contributed by atoms with Crippen molar-refractivity contribution < 1.29 is 18.7 Å². The van der Waals surface area contributed by atoms with Gasteiger partial charge in [-0.15, -0.1) is 0 Å². The van der Waals surface area contributed by atoms with Crippen molar-refractivity contribution in [3.8, 4) is 11.1 Å². The highest BCUT2D eigenvalue weighted by Gasteiger charge is 2.20. The van der Waals surface area contributed by atoms with Crippen LogP contribution in [0.15, 0.2) is 54.7 Å². The van der Waals surface area contributed by atoms with Crippen molar-refractivity contribution in [2.75, 3.05) is 6.61 Å². The first-order chi connectivity index (χ1) is 13.9. The number of aromatic nitrogens is 2. The van der Waals surface area contributed by atoms with Crippen LogP contribution in [0.4, 0.5) is 10.2 Å². The number of rotatable bonds is 7. The molecule has 0 bridgehead atoms. The molecule has 3 aromatic rings. The summed E-state index contributed by atoms with van der Waals surface area (Å²) in [5.74, 6) is -0.582. The Kier molecular flexibility index (Phi) is 6.07. The van der Waals surface area contributed by atoms with E-state index in [4.69, 9.17) is 4.74 Å². The van der Waals surface area contributed by atoms with Crippen molar-refractivity contribution >= 4 is 18.5 Å². The Morgan fingerprint density at radius 2 is 2.03 bits per heavy atom. The van der Waals surface area contributed by atoms with Gasteiger partial charge in [-0.2, -0.15) is 0 Å². The lowest BCUT2D eigenvalue weighted by molar-refractivity contribution is -0.357. The van der Waals surface area contributed by atoms with Crippen molar-refractivity contribution in [1.29, 1.82) is 0 Å². The number of esters is 1. The number of ether oxygens (including phenoxy) is 1. The Morgan fingerprint density at radius 3 is 2.69 bits per heavy atom. The van der Waals surface area contributed by atoms with E-state index in [2.05, 4.69) is 11.7 Å². The Labute approximate surface area is 168 Å². The molecule has 0 saturated heterocycles. The Bertz CT molecular complexity index is 1030. The van der Waals surface area contributed by atoms with Crippen LogP contribution in [0.3, 0.4) is 0 Å². The summed E-state index contributed by atoms with van der Waals surface area (Å²) >= 11 is 0. The number of halogens is 1. The van der Waals surface area contributed by atoms with E-state index in [9.17, 15) is 14.4 Å². The molecule has 1 atom stereocenters. The SMILES string of the molecule is C=[N+]([O-])c1cnc(C)n1CCOC(=O)C(C)c1ccc(-c2ccccc2)c(F)c1. The lowest BCUT2D eigenvalue weighted by Gasteiger charge is -2.13. The van der Waals surface area contributed by atoms with E-state index in [1.165, 1.54) is 12.3 Å². The summed E-state index contributed by atoms with van der Waals surface area (Å²) in [6, 6.07) is 14.0. The third-order valence-corrected chi connectivity index (χ3v) is 4.78. The van der Waals surface area contributed by atoms with Gasteiger partial charge in [-0.25, -0.2) is 18.7 Å². The average molecular weight is 395 g/mol. The maximum atomic E-state index is 14.6. The van der Waals surface area contributed by atoms with Crippen LogP contribution in [0, 0.1) is 17.9 Å². The Morgan fingerprint density at radius 1 is 1.31 bits per heavy atom. The van der Waals surface area contributed by atoms with E-state index >= 15 is 0 Å². The summed E-state index contributed by atoms with van der Waals surface area (Å²) in [5.41, 5.74) is 1.79. The maximum absolute atomic E-state index is 14.6. The van der Waals surface area contributed by atoms with E-state index in [1.54, 1.807) is 30.5 Å². The molecule has 0 aliphatic rings. The quantitative estimate of drug-likeness (QED) is 0.198. The van der Waals surface area contributed by atoms with Gasteiger partial charge in [0.15, 0.2) is 5.82 Å². The molecule has 0 aliphatic heterocycles. The second kappa shape index (κ2) is 8.68. The van der Waals surface area contributed by atoms with Gasteiger partial charge in [0.05, 0.1) is 12.6 Å². The number of hydrogen-bond donors (Lipinski definition) is 0. The molecule has 6 nitrogen and oxygen atoms in total. The number of carbonyl (C=O) groups excluding carboxylic acids is 1. The number of nitrogens with zero attached hydrogens (tertiary/aromatic N) is 3. The molecule has 0 amide bonds. The topological polar surface area (TPSA) is 70.2 Å². The van der Waals surface area contributed by atoms with E-state index < -0.39 is 17.7 Å². The van der Waals surface area contributed by atoms with E-state index in [1.807, 2.05) is 30.3 Å². The average Bonchev–Trinajstić information content (AvgIpc) is 3.08. The molecular formula is C22H22FN3O3. The van der Waals surface area contributed by atoms with Crippen molar-refractivity contribution in [1.82, 2.24) is 9.55 Å². The first-order valence-corrected chi connectivity index (χ1v) is 9.20. The van der Waals surface area contributed by atoms with Crippen LogP contribution in [0.5, 0.6) is 0 Å². The molecule has 0 fully saturated rings. The maximum Gasteiger partial charge on any atom is 0.313 e. The van der Waals surface area contributed by atoms with Gasteiger partial charge < -0.3 is 9.94 Å². The standard InChI is InChI=1S/C22H22FN3O3/c1-15(18-9-10-19(20(23)13-18)17-7-5-4-6-8-17)22(27)29-12-11-26-16(2)24-14-21(26)25(3)28/h4-10,13-15H,3,11-12H2,1-2H3. The highest BCUT2D eigenvalue weighted by molar-refractivity contribution is 5.78. The monoisotopic (exact) mass is 395 g/mol. The zero-order valence-electron chi connectivity index (χ0n) is 16.3. The third kappa shape index (κ3) is 4.51. The molecule has 1 aromatic heterocycles. The summed E-state index contributed by atoms with van der Waals surface area (Å²) < 4.78 is 22.0. The van der Waals surface area contributed by atoms with Gasteiger partial charge >= 0.3 is 11.8 Å². The predicted molar refractivity (Wildman–Crippen MR) is 109 cm³/mol. The Balaban J connectivity index is 1.64. The third-order valence-electron chi connectivity index (χ3n) is 4.78. The van der Waals surface area contributed by atoms with Crippen LogP contribution in [0.2, 0.25) is 0 Å². The molecule has 0 saturated carbocycles. The first kappa shape index (κ1) is 20.3. The van der Waals surface area contributed by atoms with Crippen LogP contribution in [0.1, 0.15) is 24.2 Å². The zero-order valence-corrected chi connectivity index (χ0v) is 16.3. The molecule has 2 aromatic carbocycles. The van der Waals surface area contributed by atoms with E-state index in [-0.39, 0.29) is 19.0 Å². The number of benzene rings is 2. The molecule has 7 heteroatoms. The summed E-state index contributed by atoms with van der Waals surface area (Å²) in [7, 11) is 0. The molecule has 0 aliphatic carbocycles. The number of hydrogen-bond acceptors (Lipinski definition) is 4. The van der Waals surface area contributed by atoms with Gasteiger partial charge in [0, 0.05) is 12.5 Å². The van der Waals surface area contributed by atoms with Gasteiger partial charge in [-0.05, 0) is 24.1 Å². The fourth-order valence-corrected chi connectivity index (χ4v) is 3.08. The van der Waals surface area contributed by atoms with Crippen LogP contribution in [0.25, 0.3) is 11.1 Å². The molecule has 150 valence electrons. The molecule has 1 unspecified atom stereocenters. The molecule has 29 heavy (non-hydrogen) atoms. The van der Waals surface area contributed by atoms with Gasteiger partial charge in [0.25, 0.3) is 0 Å². The molecule has 0 radical (unpaired) electrons. The molecule has 0 N–H and O–H groups in total. The van der Waals surface area contributed by atoms with Crippen molar-refractivity contribution in [2.24, 2.45) is 0 Å². The van der Waals surface area contributed by atoms with E-state index in [0.717, 1.165) is 5.56 Å².